The van der Waals surface area contributed by atoms with Crippen LogP contribution < -0.4 is 0 Å². The summed E-state index contributed by atoms with van der Waals surface area (Å²) >= 11 is 0. The summed E-state index contributed by atoms with van der Waals surface area (Å²) in [4.78, 5) is 10.7. The number of carboxylic acid groups (broad SMARTS) is 1. The molecule has 0 aliphatic heterocycles. The summed E-state index contributed by atoms with van der Waals surface area (Å²) in [5, 5.41) is 12.5. The maximum atomic E-state index is 12.5. The van der Waals surface area contributed by atoms with E-state index in [4.69, 9.17) is 5.11 Å². The lowest BCUT2D eigenvalue weighted by atomic mass is 9.81. The number of alkyl halides is 2. The molecule has 0 bridgehead atoms. The first-order valence-corrected chi connectivity index (χ1v) is 4.61. The maximum absolute atomic E-state index is 12.5. The second-order valence-electron chi connectivity index (χ2n) is 3.83. The number of halogens is 2. The number of rotatable bonds is 3. The minimum atomic E-state index is -2.57. The minimum Gasteiger partial charge on any atom is -0.477 e. The molecule has 0 aromatic carbocycles. The van der Waals surface area contributed by atoms with Crippen molar-refractivity contribution in [2.75, 3.05) is 0 Å². The summed E-state index contributed by atoms with van der Waals surface area (Å²) in [5.74, 6) is -3.82. The van der Waals surface area contributed by atoms with Crippen LogP contribution in [-0.4, -0.2) is 26.8 Å². The number of carboxylic acids is 1. The minimum absolute atomic E-state index is 0.0465. The maximum Gasteiger partial charge on any atom is 0.354 e. The van der Waals surface area contributed by atoms with Crippen molar-refractivity contribution in [2.24, 2.45) is 5.92 Å². The van der Waals surface area contributed by atoms with Crippen LogP contribution in [0.3, 0.4) is 0 Å². The summed E-state index contributed by atoms with van der Waals surface area (Å²) in [7, 11) is 0. The van der Waals surface area contributed by atoms with Gasteiger partial charge in [0, 0.05) is 25.6 Å². The van der Waals surface area contributed by atoms with E-state index in [2.05, 4.69) is 5.10 Å². The highest BCUT2D eigenvalue weighted by atomic mass is 19.3. The summed E-state index contributed by atoms with van der Waals surface area (Å²) in [6.45, 7) is 0.254. The molecule has 1 aromatic rings. The lowest BCUT2D eigenvalue weighted by Gasteiger charge is -2.34. The Hall–Kier alpha value is -1.46. The van der Waals surface area contributed by atoms with Gasteiger partial charge in [-0.15, -0.1) is 0 Å². The van der Waals surface area contributed by atoms with Crippen LogP contribution in [0.15, 0.2) is 12.3 Å². The van der Waals surface area contributed by atoms with Gasteiger partial charge < -0.3 is 5.11 Å². The van der Waals surface area contributed by atoms with E-state index in [0.29, 0.717) is 0 Å². The third-order valence-corrected chi connectivity index (χ3v) is 2.54. The number of hydrogen-bond donors (Lipinski definition) is 1. The fourth-order valence-electron chi connectivity index (χ4n) is 1.82. The van der Waals surface area contributed by atoms with Crippen LogP contribution in [-0.2, 0) is 6.54 Å². The molecule has 0 spiro atoms. The van der Waals surface area contributed by atoms with Gasteiger partial charge in [-0.1, -0.05) is 0 Å². The van der Waals surface area contributed by atoms with Crippen LogP contribution >= 0.6 is 0 Å². The van der Waals surface area contributed by atoms with Gasteiger partial charge in [0.2, 0.25) is 5.92 Å². The SMILES string of the molecule is O=C(O)c1ccnn1CC1CC(F)(F)C1. The smallest absolute Gasteiger partial charge is 0.354 e. The number of nitrogens with zero attached hydrogens (tertiary/aromatic N) is 2. The fourth-order valence-corrected chi connectivity index (χ4v) is 1.82. The Kier molecular flexibility index (Phi) is 2.21. The predicted molar refractivity (Wildman–Crippen MR) is 46.9 cm³/mol. The summed E-state index contributed by atoms with van der Waals surface area (Å²) in [6, 6.07) is 1.36. The van der Waals surface area contributed by atoms with Gasteiger partial charge in [-0.25, -0.2) is 13.6 Å². The Labute approximate surface area is 84.5 Å². The first kappa shape index (κ1) is 10.1. The molecule has 82 valence electrons. The van der Waals surface area contributed by atoms with E-state index in [-0.39, 0.29) is 31.0 Å². The first-order chi connectivity index (χ1) is 6.98. The van der Waals surface area contributed by atoms with E-state index in [1.54, 1.807) is 0 Å². The van der Waals surface area contributed by atoms with Gasteiger partial charge in [0.15, 0.2) is 0 Å². The zero-order valence-corrected chi connectivity index (χ0v) is 7.86. The van der Waals surface area contributed by atoms with Crippen LogP contribution in [0.25, 0.3) is 0 Å². The quantitative estimate of drug-likeness (QED) is 0.835. The average Bonchev–Trinajstić information content (AvgIpc) is 2.48. The number of aromatic nitrogens is 2. The fraction of sp³-hybridized carbons (Fsp3) is 0.556. The average molecular weight is 216 g/mol. The molecule has 2 rings (SSSR count). The van der Waals surface area contributed by atoms with Crippen molar-refractivity contribution in [1.82, 2.24) is 9.78 Å². The zero-order valence-electron chi connectivity index (χ0n) is 7.86. The van der Waals surface area contributed by atoms with Gasteiger partial charge >= 0.3 is 5.97 Å². The molecule has 0 amide bonds. The zero-order chi connectivity index (χ0) is 11.1. The summed E-state index contributed by atoms with van der Waals surface area (Å²) in [6.07, 6.45) is 1.01. The molecule has 4 nitrogen and oxygen atoms in total. The highest BCUT2D eigenvalue weighted by molar-refractivity contribution is 5.85. The molecule has 1 fully saturated rings. The second-order valence-corrected chi connectivity index (χ2v) is 3.83. The lowest BCUT2D eigenvalue weighted by Crippen LogP contribution is -2.38. The standard InChI is InChI=1S/C9H10F2N2O2/c10-9(11)3-6(4-9)5-13-7(8(14)15)1-2-12-13/h1-2,6H,3-5H2,(H,14,15). The van der Waals surface area contributed by atoms with Gasteiger partial charge in [-0.05, 0) is 12.0 Å². The van der Waals surface area contributed by atoms with E-state index in [9.17, 15) is 13.6 Å². The van der Waals surface area contributed by atoms with Crippen molar-refractivity contribution in [3.63, 3.8) is 0 Å². The summed E-state index contributed by atoms with van der Waals surface area (Å²) < 4.78 is 26.3. The van der Waals surface area contributed by atoms with Gasteiger partial charge in [-0.3, -0.25) is 4.68 Å². The van der Waals surface area contributed by atoms with Crippen molar-refractivity contribution in [3.05, 3.63) is 18.0 Å². The van der Waals surface area contributed by atoms with E-state index in [0.717, 1.165) is 0 Å². The third-order valence-electron chi connectivity index (χ3n) is 2.54. The van der Waals surface area contributed by atoms with Crippen molar-refractivity contribution in [3.8, 4) is 0 Å². The molecule has 1 aromatic heterocycles. The van der Waals surface area contributed by atoms with E-state index in [1.807, 2.05) is 0 Å². The van der Waals surface area contributed by atoms with E-state index < -0.39 is 11.9 Å². The molecule has 1 aliphatic carbocycles. The highest BCUT2D eigenvalue weighted by Crippen LogP contribution is 2.43. The second kappa shape index (κ2) is 3.29. The molecule has 1 heterocycles. The number of carbonyl (C=O) groups is 1. The van der Waals surface area contributed by atoms with Crippen molar-refractivity contribution in [1.29, 1.82) is 0 Å². The Morgan fingerprint density at radius 2 is 2.33 bits per heavy atom. The van der Waals surface area contributed by atoms with Crippen LogP contribution in [0.2, 0.25) is 0 Å². The molecule has 15 heavy (non-hydrogen) atoms. The number of hydrogen-bond acceptors (Lipinski definition) is 2. The molecular formula is C9H10F2N2O2. The normalized spacial score (nSPS) is 19.9. The Bertz CT molecular complexity index is 381. The number of aromatic carboxylic acids is 1. The molecule has 0 unspecified atom stereocenters. The molecular weight excluding hydrogens is 206 g/mol. The van der Waals surface area contributed by atoms with Gasteiger partial charge in [-0.2, -0.15) is 5.10 Å². The lowest BCUT2D eigenvalue weighted by molar-refractivity contribution is -0.114. The molecule has 0 radical (unpaired) electrons. The van der Waals surface area contributed by atoms with Crippen molar-refractivity contribution >= 4 is 5.97 Å². The van der Waals surface area contributed by atoms with Gasteiger partial charge in [0.05, 0.1) is 0 Å². The molecule has 1 aliphatic rings. The summed E-state index contributed by atoms with van der Waals surface area (Å²) in [5.41, 5.74) is 0.0465. The van der Waals surface area contributed by atoms with E-state index >= 15 is 0 Å². The van der Waals surface area contributed by atoms with Crippen LogP contribution in [0.4, 0.5) is 8.78 Å². The van der Waals surface area contributed by atoms with Crippen molar-refractivity contribution in [2.45, 2.75) is 25.3 Å². The largest absolute Gasteiger partial charge is 0.477 e. The molecule has 0 saturated heterocycles. The Balaban J connectivity index is 2.00. The first-order valence-electron chi connectivity index (χ1n) is 4.61. The molecule has 1 N–H and O–H groups in total. The van der Waals surface area contributed by atoms with Gasteiger partial charge in [0.25, 0.3) is 0 Å². The Morgan fingerprint density at radius 1 is 1.67 bits per heavy atom. The van der Waals surface area contributed by atoms with Crippen LogP contribution in [0.1, 0.15) is 23.3 Å². The van der Waals surface area contributed by atoms with Crippen molar-refractivity contribution < 1.29 is 18.7 Å². The topological polar surface area (TPSA) is 55.1 Å². The predicted octanol–water partition coefficient (Wildman–Crippen LogP) is 1.63. The third kappa shape index (κ3) is 1.98. The molecule has 6 heteroatoms. The van der Waals surface area contributed by atoms with Gasteiger partial charge in [0.1, 0.15) is 5.69 Å². The van der Waals surface area contributed by atoms with Crippen LogP contribution in [0, 0.1) is 5.92 Å². The van der Waals surface area contributed by atoms with Crippen LogP contribution in [0.5, 0.6) is 0 Å². The van der Waals surface area contributed by atoms with E-state index in [1.165, 1.54) is 16.9 Å². The molecule has 1 saturated carbocycles. The monoisotopic (exact) mass is 216 g/mol. The molecule has 0 atom stereocenters. The highest BCUT2D eigenvalue weighted by Gasteiger charge is 2.45. The Morgan fingerprint density at radius 3 is 2.87 bits per heavy atom.